The van der Waals surface area contributed by atoms with Gasteiger partial charge in [-0.3, -0.25) is 9.36 Å². The van der Waals surface area contributed by atoms with Gasteiger partial charge >= 0.3 is 0 Å². The van der Waals surface area contributed by atoms with E-state index >= 15 is 0 Å². The van der Waals surface area contributed by atoms with Crippen molar-refractivity contribution in [3.05, 3.63) is 56.4 Å². The maximum Gasteiger partial charge on any atom is 0.261 e. The molecule has 118 valence electrons. The predicted octanol–water partition coefficient (Wildman–Crippen LogP) is 4.00. The number of benzene rings is 1. The molecule has 0 aliphatic rings. The van der Waals surface area contributed by atoms with Gasteiger partial charge in [0, 0.05) is 24.1 Å². The Bertz CT molecular complexity index is 985. The lowest BCUT2D eigenvalue weighted by molar-refractivity contribution is 0.631. The number of hydrogen-bond acceptors (Lipinski definition) is 3. The highest BCUT2D eigenvalue weighted by atomic mass is 35.5. The Morgan fingerprint density at radius 3 is 2.61 bits per heavy atom. The van der Waals surface area contributed by atoms with Crippen LogP contribution in [0.3, 0.4) is 0 Å². The maximum absolute atomic E-state index is 14.3. The first-order valence-corrected chi connectivity index (χ1v) is 7.69. The normalized spacial score (nSPS) is 11.2. The van der Waals surface area contributed by atoms with Crippen LogP contribution in [0.25, 0.3) is 22.2 Å². The van der Waals surface area contributed by atoms with Gasteiger partial charge in [-0.05, 0) is 24.3 Å². The summed E-state index contributed by atoms with van der Waals surface area (Å²) in [5.74, 6) is 0.0383. The molecule has 0 fully saturated rings. The van der Waals surface area contributed by atoms with E-state index in [1.54, 1.807) is 13.1 Å². The van der Waals surface area contributed by atoms with E-state index in [1.165, 1.54) is 22.8 Å². The average Bonchev–Trinajstić information content (AvgIpc) is 2.51. The number of halogens is 3. The monoisotopic (exact) mass is 351 g/mol. The van der Waals surface area contributed by atoms with E-state index in [0.717, 1.165) is 0 Å². The van der Waals surface area contributed by atoms with E-state index in [4.69, 9.17) is 23.2 Å². The van der Waals surface area contributed by atoms with Gasteiger partial charge in [0.1, 0.15) is 28.0 Å². The summed E-state index contributed by atoms with van der Waals surface area (Å²) in [5, 5.41) is 0.676. The van der Waals surface area contributed by atoms with Gasteiger partial charge in [0.15, 0.2) is 0 Å². The highest BCUT2D eigenvalue weighted by Gasteiger charge is 2.17. The number of aryl methyl sites for hydroxylation is 1. The predicted molar refractivity (Wildman–Crippen MR) is 89.6 cm³/mol. The second kappa shape index (κ2) is 5.91. The Morgan fingerprint density at radius 2 is 1.96 bits per heavy atom. The molecular weight excluding hydrogens is 340 g/mol. The molecule has 0 atom stereocenters. The molecule has 0 bridgehead atoms. The number of rotatable bonds is 2. The van der Waals surface area contributed by atoms with Crippen LogP contribution in [0.15, 0.2) is 29.1 Å². The molecule has 0 amide bonds. The van der Waals surface area contributed by atoms with Crippen molar-refractivity contribution in [3.63, 3.8) is 0 Å². The molecule has 3 aromatic rings. The van der Waals surface area contributed by atoms with Crippen molar-refractivity contribution < 1.29 is 4.39 Å². The number of aromatic nitrogens is 3. The Kier molecular flexibility index (Phi) is 4.08. The molecule has 3 rings (SSSR count). The summed E-state index contributed by atoms with van der Waals surface area (Å²) in [6, 6.07) is 5.69. The summed E-state index contributed by atoms with van der Waals surface area (Å²) in [7, 11) is 1.64. The van der Waals surface area contributed by atoms with Gasteiger partial charge in [-0.15, -0.1) is 0 Å². The SMILES string of the molecule is CCc1nc2c(-c3ccc(Cl)cc3F)nc(Cl)cc2c(=O)n1C. The zero-order valence-corrected chi connectivity index (χ0v) is 13.9. The third kappa shape index (κ3) is 2.71. The molecule has 0 aliphatic carbocycles. The van der Waals surface area contributed by atoms with Crippen molar-refractivity contribution in [2.75, 3.05) is 0 Å². The van der Waals surface area contributed by atoms with E-state index in [9.17, 15) is 9.18 Å². The zero-order chi connectivity index (χ0) is 16.7. The molecule has 2 heterocycles. The average molecular weight is 352 g/mol. The maximum atomic E-state index is 14.3. The summed E-state index contributed by atoms with van der Waals surface area (Å²) in [4.78, 5) is 21.2. The first-order valence-electron chi connectivity index (χ1n) is 6.94. The van der Waals surface area contributed by atoms with Crippen LogP contribution in [0.4, 0.5) is 4.39 Å². The van der Waals surface area contributed by atoms with Crippen LogP contribution in [0, 0.1) is 5.82 Å². The van der Waals surface area contributed by atoms with Crippen molar-refractivity contribution in [1.29, 1.82) is 0 Å². The zero-order valence-electron chi connectivity index (χ0n) is 12.4. The molecule has 7 heteroatoms. The van der Waals surface area contributed by atoms with Gasteiger partial charge in [0.2, 0.25) is 0 Å². The van der Waals surface area contributed by atoms with E-state index in [0.29, 0.717) is 23.1 Å². The van der Waals surface area contributed by atoms with Crippen LogP contribution in [0.5, 0.6) is 0 Å². The molecule has 23 heavy (non-hydrogen) atoms. The van der Waals surface area contributed by atoms with Crippen molar-refractivity contribution in [3.8, 4) is 11.3 Å². The quantitative estimate of drug-likeness (QED) is 0.655. The topological polar surface area (TPSA) is 47.8 Å². The van der Waals surface area contributed by atoms with Gasteiger partial charge in [0.25, 0.3) is 5.56 Å². The van der Waals surface area contributed by atoms with Crippen LogP contribution in [0.2, 0.25) is 10.2 Å². The summed E-state index contributed by atoms with van der Waals surface area (Å²) in [6.07, 6.45) is 0.562. The first kappa shape index (κ1) is 15.9. The van der Waals surface area contributed by atoms with Crippen LogP contribution in [-0.4, -0.2) is 14.5 Å². The Balaban J connectivity index is 2.45. The summed E-state index contributed by atoms with van der Waals surface area (Å²) >= 11 is 11.8. The number of hydrogen-bond donors (Lipinski definition) is 0. The standard InChI is InChI=1S/C16H12Cl2FN3O/c1-3-13-21-15-10(16(23)22(13)2)7-12(18)20-14(15)9-5-4-8(17)6-11(9)19/h4-7H,3H2,1-2H3. The minimum absolute atomic E-state index is 0.102. The smallest absolute Gasteiger partial charge is 0.261 e. The first-order chi connectivity index (χ1) is 10.9. The minimum Gasteiger partial charge on any atom is -0.299 e. The Labute approximate surface area is 141 Å². The van der Waals surface area contributed by atoms with Crippen LogP contribution >= 0.6 is 23.2 Å². The van der Waals surface area contributed by atoms with Crippen molar-refractivity contribution >= 4 is 34.1 Å². The van der Waals surface area contributed by atoms with Crippen LogP contribution < -0.4 is 5.56 Å². The molecule has 1 aromatic carbocycles. The summed E-state index contributed by atoms with van der Waals surface area (Å²) in [5.41, 5.74) is 0.515. The molecule has 0 spiro atoms. The van der Waals surface area contributed by atoms with E-state index in [1.807, 2.05) is 6.92 Å². The van der Waals surface area contributed by atoms with Crippen LogP contribution in [-0.2, 0) is 13.5 Å². The molecule has 2 aromatic heterocycles. The number of pyridine rings is 1. The third-order valence-electron chi connectivity index (χ3n) is 3.63. The molecular formula is C16H12Cl2FN3O. The Hall–Kier alpha value is -1.98. The lowest BCUT2D eigenvalue weighted by Crippen LogP contribution is -2.22. The molecule has 0 aliphatic heterocycles. The van der Waals surface area contributed by atoms with Crippen LogP contribution in [0.1, 0.15) is 12.7 Å². The van der Waals surface area contributed by atoms with Gasteiger partial charge < -0.3 is 0 Å². The van der Waals surface area contributed by atoms with Crippen molar-refractivity contribution in [2.45, 2.75) is 13.3 Å². The number of nitrogens with zero attached hydrogens (tertiary/aromatic N) is 3. The largest absolute Gasteiger partial charge is 0.299 e. The summed E-state index contributed by atoms with van der Waals surface area (Å²) in [6.45, 7) is 1.89. The molecule has 4 nitrogen and oxygen atoms in total. The number of fused-ring (bicyclic) bond motifs is 1. The summed E-state index contributed by atoms with van der Waals surface area (Å²) < 4.78 is 15.7. The molecule has 0 N–H and O–H groups in total. The van der Waals surface area contributed by atoms with E-state index in [2.05, 4.69) is 9.97 Å². The van der Waals surface area contributed by atoms with E-state index < -0.39 is 5.82 Å². The van der Waals surface area contributed by atoms with Gasteiger partial charge in [-0.1, -0.05) is 30.1 Å². The second-order valence-electron chi connectivity index (χ2n) is 5.06. The highest BCUT2D eigenvalue weighted by molar-refractivity contribution is 6.31. The highest BCUT2D eigenvalue weighted by Crippen LogP contribution is 2.30. The lowest BCUT2D eigenvalue weighted by Gasteiger charge is -2.11. The second-order valence-corrected chi connectivity index (χ2v) is 5.88. The van der Waals surface area contributed by atoms with Crippen molar-refractivity contribution in [1.82, 2.24) is 14.5 Å². The molecule has 0 radical (unpaired) electrons. The van der Waals surface area contributed by atoms with E-state index in [-0.39, 0.29) is 27.0 Å². The fourth-order valence-corrected chi connectivity index (χ4v) is 2.82. The van der Waals surface area contributed by atoms with Gasteiger partial charge in [0.05, 0.1) is 5.39 Å². The molecule has 0 saturated carbocycles. The fraction of sp³-hybridized carbons (Fsp3) is 0.188. The lowest BCUT2D eigenvalue weighted by atomic mass is 10.1. The van der Waals surface area contributed by atoms with Gasteiger partial charge in [-0.2, -0.15) is 0 Å². The minimum atomic E-state index is -0.547. The van der Waals surface area contributed by atoms with Gasteiger partial charge in [-0.25, -0.2) is 14.4 Å². The molecule has 0 saturated heterocycles. The third-order valence-corrected chi connectivity index (χ3v) is 4.06. The molecule has 0 unspecified atom stereocenters. The Morgan fingerprint density at radius 1 is 1.22 bits per heavy atom. The van der Waals surface area contributed by atoms with Crippen molar-refractivity contribution in [2.24, 2.45) is 7.05 Å². The fourth-order valence-electron chi connectivity index (χ4n) is 2.47.